The summed E-state index contributed by atoms with van der Waals surface area (Å²) in [4.78, 5) is 33.0. The summed E-state index contributed by atoms with van der Waals surface area (Å²) in [5, 5.41) is 11.8. The molecule has 3 aromatic carbocycles. The van der Waals surface area contributed by atoms with E-state index in [0.29, 0.717) is 16.6 Å². The van der Waals surface area contributed by atoms with Crippen LogP contribution in [0.15, 0.2) is 72.3 Å². The Labute approximate surface area is 214 Å². The molecule has 0 radical (unpaired) electrons. The summed E-state index contributed by atoms with van der Waals surface area (Å²) in [7, 11) is 0. The lowest BCUT2D eigenvalue weighted by molar-refractivity contribution is -0.132. The number of hydrogen-bond donors (Lipinski definition) is 1. The fourth-order valence-corrected chi connectivity index (χ4v) is 5.61. The van der Waals surface area contributed by atoms with Crippen molar-refractivity contribution in [2.45, 2.75) is 46.1 Å². The minimum Gasteiger partial charge on any atom is -0.507 e. The smallest absolute Gasteiger partial charge is 0.301 e. The Bertz CT molecular complexity index is 1500. The standard InChI is InChI=1S/C30H28N2O3S/c1-5-19-8-15-23-24(16-19)36-30(31-23)32-26(21-13-11-20(12-14-21)17(2)3)25(28(34)29(32)35)27(33)22-9-6-18(4)7-10-22/h6-17,26,33H,5H2,1-4H3/b27-25+. The fraction of sp³-hybridized carbons (Fsp3) is 0.233. The molecule has 1 amide bonds. The van der Waals surface area contributed by atoms with Crippen LogP contribution in [-0.2, 0) is 16.0 Å². The third-order valence-electron chi connectivity index (χ3n) is 6.74. The van der Waals surface area contributed by atoms with Crippen LogP contribution in [0.4, 0.5) is 5.13 Å². The Morgan fingerprint density at radius 3 is 2.36 bits per heavy atom. The molecule has 1 unspecified atom stereocenters. The number of aromatic nitrogens is 1. The maximum Gasteiger partial charge on any atom is 0.301 e. The van der Waals surface area contributed by atoms with Crippen molar-refractivity contribution in [3.8, 4) is 0 Å². The zero-order valence-electron chi connectivity index (χ0n) is 20.8. The van der Waals surface area contributed by atoms with E-state index in [1.807, 2.05) is 55.5 Å². The molecule has 5 nitrogen and oxygen atoms in total. The van der Waals surface area contributed by atoms with Crippen molar-refractivity contribution in [3.63, 3.8) is 0 Å². The molecule has 2 heterocycles. The normalized spacial score (nSPS) is 17.5. The summed E-state index contributed by atoms with van der Waals surface area (Å²) in [6.07, 6.45) is 0.895. The van der Waals surface area contributed by atoms with E-state index < -0.39 is 17.7 Å². The maximum absolute atomic E-state index is 13.5. The fourth-order valence-electron chi connectivity index (χ4n) is 4.56. The molecule has 1 saturated heterocycles. The van der Waals surface area contributed by atoms with Crippen molar-refractivity contribution < 1.29 is 14.7 Å². The molecule has 5 rings (SSSR count). The van der Waals surface area contributed by atoms with E-state index in [1.165, 1.54) is 21.8 Å². The molecular weight excluding hydrogens is 468 g/mol. The first kappa shape index (κ1) is 23.9. The number of aliphatic hydroxyl groups excluding tert-OH is 1. The molecule has 1 aromatic heterocycles. The Balaban J connectivity index is 1.70. The average Bonchev–Trinajstić information content (AvgIpc) is 3.41. The van der Waals surface area contributed by atoms with Gasteiger partial charge in [0.2, 0.25) is 0 Å². The van der Waals surface area contributed by atoms with Gasteiger partial charge in [0, 0.05) is 5.56 Å². The van der Waals surface area contributed by atoms with Crippen molar-refractivity contribution in [1.82, 2.24) is 4.98 Å². The second-order valence-electron chi connectivity index (χ2n) is 9.51. The zero-order chi connectivity index (χ0) is 25.6. The number of carbonyl (C=O) groups is 2. The first-order chi connectivity index (χ1) is 17.3. The number of benzene rings is 3. The van der Waals surface area contributed by atoms with E-state index in [9.17, 15) is 14.7 Å². The van der Waals surface area contributed by atoms with Crippen LogP contribution < -0.4 is 4.90 Å². The van der Waals surface area contributed by atoms with Crippen molar-refractivity contribution in [1.29, 1.82) is 0 Å². The lowest BCUT2D eigenvalue weighted by Crippen LogP contribution is -2.29. The number of aliphatic hydroxyl groups is 1. The molecule has 0 saturated carbocycles. The van der Waals surface area contributed by atoms with Gasteiger partial charge in [0.05, 0.1) is 21.8 Å². The van der Waals surface area contributed by atoms with E-state index in [2.05, 4.69) is 26.8 Å². The molecule has 36 heavy (non-hydrogen) atoms. The first-order valence-corrected chi connectivity index (χ1v) is 13.0. The Morgan fingerprint density at radius 2 is 1.72 bits per heavy atom. The van der Waals surface area contributed by atoms with E-state index >= 15 is 0 Å². The highest BCUT2D eigenvalue weighted by atomic mass is 32.1. The molecule has 4 aromatic rings. The van der Waals surface area contributed by atoms with Crippen molar-refractivity contribution in [2.75, 3.05) is 4.90 Å². The van der Waals surface area contributed by atoms with Crippen molar-refractivity contribution in [2.24, 2.45) is 0 Å². The number of anilines is 1. The van der Waals surface area contributed by atoms with Crippen LogP contribution in [-0.4, -0.2) is 21.8 Å². The van der Waals surface area contributed by atoms with Crippen LogP contribution in [0.3, 0.4) is 0 Å². The van der Waals surface area contributed by atoms with Gasteiger partial charge >= 0.3 is 5.91 Å². The zero-order valence-corrected chi connectivity index (χ0v) is 21.6. The Kier molecular flexibility index (Phi) is 6.22. The van der Waals surface area contributed by atoms with E-state index in [-0.39, 0.29) is 11.3 Å². The second kappa shape index (κ2) is 9.36. The van der Waals surface area contributed by atoms with Gasteiger partial charge in [0.1, 0.15) is 5.76 Å². The van der Waals surface area contributed by atoms with Gasteiger partial charge in [-0.1, -0.05) is 92.3 Å². The minimum atomic E-state index is -0.779. The highest BCUT2D eigenvalue weighted by Gasteiger charge is 2.48. The topological polar surface area (TPSA) is 70.5 Å². The van der Waals surface area contributed by atoms with Crippen LogP contribution in [0, 0.1) is 6.92 Å². The molecule has 0 aliphatic carbocycles. The first-order valence-electron chi connectivity index (χ1n) is 12.2. The van der Waals surface area contributed by atoms with Gasteiger partial charge in [-0.3, -0.25) is 14.5 Å². The molecule has 1 N–H and O–H groups in total. The number of Topliss-reactive ketones (excluding diaryl/α,β-unsaturated/α-hetero) is 1. The predicted molar refractivity (Wildman–Crippen MR) is 145 cm³/mol. The van der Waals surface area contributed by atoms with E-state index in [1.54, 1.807) is 12.1 Å². The molecular formula is C30H28N2O3S. The van der Waals surface area contributed by atoms with Crippen LogP contribution in [0.2, 0.25) is 0 Å². The van der Waals surface area contributed by atoms with Crippen molar-refractivity contribution >= 4 is 44.1 Å². The van der Waals surface area contributed by atoms with Gasteiger partial charge in [-0.2, -0.15) is 0 Å². The molecule has 1 atom stereocenters. The molecule has 6 heteroatoms. The number of ketones is 1. The van der Waals surface area contributed by atoms with E-state index in [0.717, 1.165) is 33.3 Å². The van der Waals surface area contributed by atoms with Gasteiger partial charge in [-0.15, -0.1) is 0 Å². The van der Waals surface area contributed by atoms with Crippen LogP contribution >= 0.6 is 11.3 Å². The average molecular weight is 497 g/mol. The summed E-state index contributed by atoms with van der Waals surface area (Å²) >= 11 is 1.39. The summed E-state index contributed by atoms with van der Waals surface area (Å²) in [5.74, 6) is -1.23. The third-order valence-corrected chi connectivity index (χ3v) is 7.76. The third kappa shape index (κ3) is 4.11. The van der Waals surface area contributed by atoms with Gasteiger partial charge in [0.25, 0.3) is 5.78 Å². The van der Waals surface area contributed by atoms with Gasteiger partial charge in [-0.05, 0) is 48.1 Å². The number of rotatable bonds is 5. The number of aryl methyl sites for hydroxylation is 2. The van der Waals surface area contributed by atoms with Crippen LogP contribution in [0.1, 0.15) is 60.5 Å². The lowest BCUT2D eigenvalue weighted by atomic mass is 9.93. The van der Waals surface area contributed by atoms with Crippen LogP contribution in [0.5, 0.6) is 0 Å². The summed E-state index contributed by atoms with van der Waals surface area (Å²) < 4.78 is 0.957. The molecule has 1 fully saturated rings. The minimum absolute atomic E-state index is 0.0784. The van der Waals surface area contributed by atoms with Crippen LogP contribution in [0.25, 0.3) is 16.0 Å². The lowest BCUT2D eigenvalue weighted by Gasteiger charge is -2.23. The number of hydrogen-bond acceptors (Lipinski definition) is 5. The summed E-state index contributed by atoms with van der Waals surface area (Å²) in [5.41, 5.74) is 5.48. The number of nitrogens with zero attached hydrogens (tertiary/aromatic N) is 2. The maximum atomic E-state index is 13.5. The molecule has 0 bridgehead atoms. The predicted octanol–water partition coefficient (Wildman–Crippen LogP) is 6.92. The number of fused-ring (bicyclic) bond motifs is 1. The van der Waals surface area contributed by atoms with Gasteiger partial charge < -0.3 is 5.11 Å². The number of carbonyl (C=O) groups excluding carboxylic acids is 2. The Morgan fingerprint density at radius 1 is 1.03 bits per heavy atom. The van der Waals surface area contributed by atoms with Gasteiger partial charge in [-0.25, -0.2) is 4.98 Å². The number of amides is 1. The SMILES string of the molecule is CCc1ccc2nc(N3C(=O)C(=O)/C(=C(/O)c4ccc(C)cc4)C3c3ccc(C(C)C)cc3)sc2c1. The largest absolute Gasteiger partial charge is 0.507 e. The highest BCUT2D eigenvalue weighted by molar-refractivity contribution is 7.22. The van der Waals surface area contributed by atoms with E-state index in [4.69, 9.17) is 4.98 Å². The number of thiazole rings is 1. The quantitative estimate of drug-likeness (QED) is 0.185. The summed E-state index contributed by atoms with van der Waals surface area (Å²) in [6.45, 7) is 8.28. The molecule has 0 spiro atoms. The summed E-state index contributed by atoms with van der Waals surface area (Å²) in [6, 6.07) is 20.4. The molecule has 1 aliphatic heterocycles. The Hall–Kier alpha value is -3.77. The molecule has 182 valence electrons. The second-order valence-corrected chi connectivity index (χ2v) is 10.5. The van der Waals surface area contributed by atoms with Crippen molar-refractivity contribution in [3.05, 3.63) is 100 Å². The monoisotopic (exact) mass is 496 g/mol. The highest BCUT2D eigenvalue weighted by Crippen LogP contribution is 2.44. The van der Waals surface area contributed by atoms with Gasteiger partial charge in [0.15, 0.2) is 5.13 Å². The molecule has 1 aliphatic rings.